The molecule has 4 heteroatoms. The van der Waals surface area contributed by atoms with Gasteiger partial charge in [-0.3, -0.25) is 0 Å². The fourth-order valence-electron chi connectivity index (χ4n) is 1.70. The quantitative estimate of drug-likeness (QED) is 0.798. The normalized spacial score (nSPS) is 10.6. The molecule has 0 aliphatic heterocycles. The van der Waals surface area contributed by atoms with Gasteiger partial charge in [0.15, 0.2) is 0 Å². The monoisotopic (exact) mass is 278 g/mol. The predicted octanol–water partition coefficient (Wildman–Crippen LogP) is 4.28. The van der Waals surface area contributed by atoms with Crippen molar-refractivity contribution >= 4 is 28.8 Å². The van der Waals surface area contributed by atoms with Crippen molar-refractivity contribution in [3.63, 3.8) is 0 Å². The molecule has 0 spiro atoms. The standard InChI is InChI=1S/C14H18N2S2/c1-11-16-14(10-18-11)12-4-6-13(7-5-12)15-8-3-9-17-2/h4-7,10,15H,3,8-9H2,1-2H3. The van der Waals surface area contributed by atoms with Gasteiger partial charge < -0.3 is 5.32 Å². The van der Waals surface area contributed by atoms with E-state index in [0.29, 0.717) is 0 Å². The van der Waals surface area contributed by atoms with Gasteiger partial charge in [-0.05, 0) is 37.5 Å². The number of rotatable bonds is 6. The Morgan fingerprint density at radius 2 is 2.06 bits per heavy atom. The van der Waals surface area contributed by atoms with Gasteiger partial charge in [0.05, 0.1) is 10.7 Å². The van der Waals surface area contributed by atoms with Crippen LogP contribution in [0, 0.1) is 6.92 Å². The van der Waals surface area contributed by atoms with Gasteiger partial charge in [0.2, 0.25) is 0 Å². The van der Waals surface area contributed by atoms with Crippen LogP contribution in [0.4, 0.5) is 5.69 Å². The van der Waals surface area contributed by atoms with Crippen molar-refractivity contribution in [1.29, 1.82) is 0 Å². The van der Waals surface area contributed by atoms with Gasteiger partial charge >= 0.3 is 0 Å². The molecule has 96 valence electrons. The molecule has 1 N–H and O–H groups in total. The van der Waals surface area contributed by atoms with Crippen LogP contribution in [0.5, 0.6) is 0 Å². The minimum atomic E-state index is 1.04. The molecule has 0 amide bonds. The zero-order valence-electron chi connectivity index (χ0n) is 10.8. The Morgan fingerprint density at radius 3 is 2.67 bits per heavy atom. The molecular formula is C14H18N2S2. The molecule has 0 radical (unpaired) electrons. The van der Waals surface area contributed by atoms with Crippen molar-refractivity contribution < 1.29 is 0 Å². The summed E-state index contributed by atoms with van der Waals surface area (Å²) >= 11 is 3.59. The van der Waals surface area contributed by atoms with E-state index in [0.717, 1.165) is 17.2 Å². The van der Waals surface area contributed by atoms with E-state index in [2.05, 4.69) is 46.2 Å². The van der Waals surface area contributed by atoms with Gasteiger partial charge in [0, 0.05) is 23.2 Å². The van der Waals surface area contributed by atoms with E-state index >= 15 is 0 Å². The third-order valence-electron chi connectivity index (χ3n) is 2.65. The van der Waals surface area contributed by atoms with Crippen LogP contribution in [0.3, 0.4) is 0 Å². The van der Waals surface area contributed by atoms with E-state index in [9.17, 15) is 0 Å². The first-order valence-electron chi connectivity index (χ1n) is 6.05. The number of anilines is 1. The first kappa shape index (κ1) is 13.4. The molecule has 0 bridgehead atoms. The summed E-state index contributed by atoms with van der Waals surface area (Å²) in [5, 5.41) is 6.65. The van der Waals surface area contributed by atoms with E-state index in [1.165, 1.54) is 23.4 Å². The van der Waals surface area contributed by atoms with E-state index in [1.54, 1.807) is 11.3 Å². The summed E-state index contributed by atoms with van der Waals surface area (Å²) in [6.45, 7) is 3.08. The van der Waals surface area contributed by atoms with Crippen LogP contribution in [0.25, 0.3) is 11.3 Å². The Hall–Kier alpha value is -1.00. The lowest BCUT2D eigenvalue weighted by atomic mass is 10.1. The Balaban J connectivity index is 1.93. The molecule has 0 aliphatic carbocycles. The smallest absolute Gasteiger partial charge is 0.0901 e. The Labute approximate surface area is 117 Å². The number of aromatic nitrogens is 1. The average Bonchev–Trinajstić information content (AvgIpc) is 2.82. The molecule has 0 atom stereocenters. The number of benzene rings is 1. The zero-order chi connectivity index (χ0) is 12.8. The van der Waals surface area contributed by atoms with Crippen molar-refractivity contribution in [3.05, 3.63) is 34.7 Å². The summed E-state index contributed by atoms with van der Waals surface area (Å²) in [6.07, 6.45) is 3.35. The largest absolute Gasteiger partial charge is 0.385 e. The lowest BCUT2D eigenvalue weighted by Gasteiger charge is -2.06. The van der Waals surface area contributed by atoms with E-state index in [1.807, 2.05) is 18.7 Å². The lowest BCUT2D eigenvalue weighted by molar-refractivity contribution is 0.993. The second-order valence-electron chi connectivity index (χ2n) is 4.10. The molecule has 1 aromatic heterocycles. The van der Waals surface area contributed by atoms with Crippen LogP contribution in [-0.4, -0.2) is 23.5 Å². The number of nitrogens with zero attached hydrogens (tertiary/aromatic N) is 1. The van der Waals surface area contributed by atoms with Gasteiger partial charge in [-0.15, -0.1) is 11.3 Å². The molecule has 0 aliphatic rings. The van der Waals surface area contributed by atoms with E-state index in [-0.39, 0.29) is 0 Å². The second-order valence-corrected chi connectivity index (χ2v) is 6.15. The van der Waals surface area contributed by atoms with Crippen LogP contribution in [-0.2, 0) is 0 Å². The second kappa shape index (κ2) is 6.81. The van der Waals surface area contributed by atoms with Crippen molar-refractivity contribution in [1.82, 2.24) is 4.98 Å². The highest BCUT2D eigenvalue weighted by Gasteiger charge is 2.01. The fourth-order valence-corrected chi connectivity index (χ4v) is 2.76. The fraction of sp³-hybridized carbons (Fsp3) is 0.357. The Kier molecular flexibility index (Phi) is 5.08. The van der Waals surface area contributed by atoms with Crippen LogP contribution in [0.1, 0.15) is 11.4 Å². The van der Waals surface area contributed by atoms with Crippen LogP contribution < -0.4 is 5.32 Å². The molecule has 2 aromatic rings. The number of hydrogen-bond donors (Lipinski definition) is 1. The van der Waals surface area contributed by atoms with Gasteiger partial charge in [0.25, 0.3) is 0 Å². The molecule has 0 unspecified atom stereocenters. The number of thiazole rings is 1. The van der Waals surface area contributed by atoms with Gasteiger partial charge in [-0.1, -0.05) is 12.1 Å². The SMILES string of the molecule is CSCCCNc1ccc(-c2csc(C)n2)cc1. The highest BCUT2D eigenvalue weighted by atomic mass is 32.2. The molecule has 2 rings (SSSR count). The maximum absolute atomic E-state index is 4.49. The highest BCUT2D eigenvalue weighted by Crippen LogP contribution is 2.23. The summed E-state index contributed by atoms with van der Waals surface area (Å²) in [6, 6.07) is 8.52. The van der Waals surface area contributed by atoms with E-state index < -0.39 is 0 Å². The summed E-state index contributed by atoms with van der Waals surface area (Å²) in [7, 11) is 0. The van der Waals surface area contributed by atoms with Crippen LogP contribution >= 0.6 is 23.1 Å². The third kappa shape index (κ3) is 3.75. The molecule has 0 fully saturated rings. The van der Waals surface area contributed by atoms with E-state index in [4.69, 9.17) is 0 Å². The topological polar surface area (TPSA) is 24.9 Å². The van der Waals surface area contributed by atoms with Crippen LogP contribution in [0.15, 0.2) is 29.6 Å². The average molecular weight is 278 g/mol. The number of aryl methyl sites for hydroxylation is 1. The van der Waals surface area contributed by atoms with Crippen molar-refractivity contribution in [2.24, 2.45) is 0 Å². The lowest BCUT2D eigenvalue weighted by Crippen LogP contribution is -2.02. The van der Waals surface area contributed by atoms with Gasteiger partial charge in [-0.2, -0.15) is 11.8 Å². The first-order valence-corrected chi connectivity index (χ1v) is 8.32. The van der Waals surface area contributed by atoms with Gasteiger partial charge in [-0.25, -0.2) is 4.98 Å². The summed E-state index contributed by atoms with van der Waals surface area (Å²) in [5.41, 5.74) is 3.45. The number of hydrogen-bond acceptors (Lipinski definition) is 4. The molecule has 2 nitrogen and oxygen atoms in total. The van der Waals surface area contributed by atoms with Crippen LogP contribution in [0.2, 0.25) is 0 Å². The van der Waals surface area contributed by atoms with Crippen molar-refractivity contribution in [2.45, 2.75) is 13.3 Å². The highest BCUT2D eigenvalue weighted by molar-refractivity contribution is 7.98. The maximum Gasteiger partial charge on any atom is 0.0901 e. The number of thioether (sulfide) groups is 1. The predicted molar refractivity (Wildman–Crippen MR) is 83.8 cm³/mol. The molecule has 0 saturated heterocycles. The molecular weight excluding hydrogens is 260 g/mol. The summed E-state index contributed by atoms with van der Waals surface area (Å²) in [4.78, 5) is 4.49. The molecule has 18 heavy (non-hydrogen) atoms. The maximum atomic E-state index is 4.49. The number of nitrogens with one attached hydrogen (secondary N) is 1. The minimum absolute atomic E-state index is 1.04. The Morgan fingerprint density at radius 1 is 1.28 bits per heavy atom. The summed E-state index contributed by atoms with van der Waals surface area (Å²) in [5.74, 6) is 1.21. The van der Waals surface area contributed by atoms with Crippen molar-refractivity contribution in [2.75, 3.05) is 23.9 Å². The minimum Gasteiger partial charge on any atom is -0.385 e. The third-order valence-corrected chi connectivity index (χ3v) is 4.12. The van der Waals surface area contributed by atoms with Gasteiger partial charge in [0.1, 0.15) is 0 Å². The van der Waals surface area contributed by atoms with Crippen molar-refractivity contribution in [3.8, 4) is 11.3 Å². The molecule has 1 aromatic carbocycles. The zero-order valence-corrected chi connectivity index (χ0v) is 12.4. The Bertz CT molecular complexity index is 477. The first-order chi connectivity index (χ1) is 8.79. The molecule has 0 saturated carbocycles. The summed E-state index contributed by atoms with van der Waals surface area (Å²) < 4.78 is 0. The molecule has 1 heterocycles.